The van der Waals surface area contributed by atoms with Gasteiger partial charge >= 0.3 is 0 Å². The lowest BCUT2D eigenvalue weighted by atomic mass is 9.74. The van der Waals surface area contributed by atoms with Crippen LogP contribution in [0.15, 0.2) is 27.4 Å². The Hall–Kier alpha value is -3.53. The first-order valence-electron chi connectivity index (χ1n) is 18.7. The number of benzene rings is 2. The van der Waals surface area contributed by atoms with Gasteiger partial charge in [0.15, 0.2) is 16.8 Å². The number of likely N-dealkylation sites (N-methyl/N-ethyl adjacent to an activating group) is 2. The van der Waals surface area contributed by atoms with E-state index in [9.17, 15) is 24.9 Å². The molecule has 290 valence electrons. The van der Waals surface area contributed by atoms with Crippen LogP contribution in [0.5, 0.6) is 5.75 Å². The summed E-state index contributed by atoms with van der Waals surface area (Å²) < 4.78 is 30.9. The molecule has 0 unspecified atom stereocenters. The average Bonchev–Trinajstić information content (AvgIpc) is 4.01. The highest BCUT2D eigenvalue weighted by atomic mass is 16.7. The summed E-state index contributed by atoms with van der Waals surface area (Å²) in [7, 11) is 7.45. The Morgan fingerprint density at radius 1 is 0.815 bits per heavy atom. The number of ketones is 2. The van der Waals surface area contributed by atoms with Crippen LogP contribution in [-0.4, -0.2) is 119 Å². The lowest BCUT2D eigenvalue weighted by molar-refractivity contribution is -0.176. The van der Waals surface area contributed by atoms with Crippen molar-refractivity contribution >= 4 is 22.5 Å². The smallest absolute Gasteiger partial charge is 0.202 e. The van der Waals surface area contributed by atoms with Crippen LogP contribution in [0.2, 0.25) is 0 Å². The molecule has 0 radical (unpaired) electrons. The van der Waals surface area contributed by atoms with Crippen molar-refractivity contribution in [1.82, 2.24) is 9.80 Å². The largest absolute Gasteiger partial charge is 0.507 e. The molecule has 3 N–H and O–H groups in total. The predicted octanol–water partition coefficient (Wildman–Crippen LogP) is 3.66. The van der Waals surface area contributed by atoms with Crippen LogP contribution in [0.1, 0.15) is 114 Å². The molecule has 13 heteroatoms. The number of phenols is 1. The van der Waals surface area contributed by atoms with E-state index in [4.69, 9.17) is 23.4 Å². The molecule has 0 bridgehead atoms. The summed E-state index contributed by atoms with van der Waals surface area (Å²) in [5.41, 5.74) is -1.39. The normalized spacial score (nSPS) is 37.5. The topological polar surface area (TPSA) is 175 Å². The zero-order valence-electron chi connectivity index (χ0n) is 32.4. The van der Waals surface area contributed by atoms with E-state index in [1.807, 2.05) is 51.8 Å². The van der Waals surface area contributed by atoms with Gasteiger partial charge in [-0.2, -0.15) is 0 Å². The van der Waals surface area contributed by atoms with Gasteiger partial charge in [-0.05, 0) is 106 Å². The van der Waals surface area contributed by atoms with Crippen molar-refractivity contribution in [3.8, 4) is 5.75 Å². The molecule has 4 aliphatic heterocycles. The van der Waals surface area contributed by atoms with Gasteiger partial charge in [-0.1, -0.05) is 0 Å². The second-order valence-corrected chi connectivity index (χ2v) is 16.9. The number of aromatic hydroxyl groups is 1. The summed E-state index contributed by atoms with van der Waals surface area (Å²) >= 11 is 0. The molecular weight excluding hydrogens is 696 g/mol. The summed E-state index contributed by atoms with van der Waals surface area (Å²) in [5.74, 6) is -1.42. The molecule has 5 heterocycles. The third kappa shape index (κ3) is 5.38. The Morgan fingerprint density at radius 2 is 1.48 bits per heavy atom. The average molecular weight is 747 g/mol. The van der Waals surface area contributed by atoms with E-state index in [1.54, 1.807) is 33.8 Å². The summed E-state index contributed by atoms with van der Waals surface area (Å²) in [4.78, 5) is 47.7. The number of ether oxygens (including phenoxy) is 4. The maximum Gasteiger partial charge on any atom is 0.202 e. The first kappa shape index (κ1) is 37.4. The second kappa shape index (κ2) is 12.5. The first-order valence-corrected chi connectivity index (χ1v) is 18.7. The Labute approximate surface area is 313 Å². The van der Waals surface area contributed by atoms with Gasteiger partial charge in [0, 0.05) is 34.3 Å². The minimum absolute atomic E-state index is 0.00321. The Balaban J connectivity index is 1.34. The molecule has 4 saturated heterocycles. The third-order valence-corrected chi connectivity index (χ3v) is 13.0. The molecule has 13 nitrogen and oxygen atoms in total. The van der Waals surface area contributed by atoms with Gasteiger partial charge < -0.3 is 48.5 Å². The van der Waals surface area contributed by atoms with Crippen LogP contribution in [0.4, 0.5) is 0 Å². The Bertz CT molecular complexity index is 2160. The minimum Gasteiger partial charge on any atom is -0.507 e. The van der Waals surface area contributed by atoms with E-state index >= 15 is 4.79 Å². The van der Waals surface area contributed by atoms with Crippen molar-refractivity contribution in [1.29, 1.82) is 0 Å². The van der Waals surface area contributed by atoms with Gasteiger partial charge in [0.1, 0.15) is 29.3 Å². The zero-order valence-corrected chi connectivity index (χ0v) is 32.4. The van der Waals surface area contributed by atoms with Crippen molar-refractivity contribution < 1.29 is 48.3 Å². The fourth-order valence-corrected chi connectivity index (χ4v) is 9.24. The van der Waals surface area contributed by atoms with Crippen molar-refractivity contribution in [3.63, 3.8) is 0 Å². The monoisotopic (exact) mass is 746 g/mol. The summed E-state index contributed by atoms with van der Waals surface area (Å²) in [6.45, 7) is 10.9. The Morgan fingerprint density at radius 3 is 2.11 bits per heavy atom. The van der Waals surface area contributed by atoms with Crippen LogP contribution < -0.4 is 5.43 Å². The summed E-state index contributed by atoms with van der Waals surface area (Å²) in [6, 6.07) is 4.26. The number of fused-ring (bicyclic) bond motifs is 4. The van der Waals surface area contributed by atoms with Crippen LogP contribution in [0, 0.1) is 6.92 Å². The van der Waals surface area contributed by atoms with E-state index in [0.717, 1.165) is 0 Å². The van der Waals surface area contributed by atoms with Gasteiger partial charge in [0.2, 0.25) is 5.78 Å². The quantitative estimate of drug-likeness (QED) is 0.244. The highest BCUT2D eigenvalue weighted by Gasteiger charge is 2.66. The van der Waals surface area contributed by atoms with Gasteiger partial charge in [-0.3, -0.25) is 14.4 Å². The maximum atomic E-state index is 15.1. The number of phenolic OH excluding ortho intramolecular Hbond substituents is 1. The van der Waals surface area contributed by atoms with Crippen molar-refractivity contribution in [2.45, 2.75) is 127 Å². The lowest BCUT2D eigenvalue weighted by Gasteiger charge is -2.49. The van der Waals surface area contributed by atoms with Crippen LogP contribution in [0.25, 0.3) is 11.0 Å². The summed E-state index contributed by atoms with van der Waals surface area (Å²) in [6.07, 6.45) is -4.44. The van der Waals surface area contributed by atoms with Gasteiger partial charge in [0.05, 0.1) is 59.2 Å². The molecule has 3 aromatic rings. The molecular formula is C41H50N2O11. The fourth-order valence-electron chi connectivity index (χ4n) is 9.24. The number of hydrogen-bond donors (Lipinski definition) is 3. The molecule has 2 aromatic carbocycles. The standard InChI is InChI=1S/C41H50N2O11/c1-16-11-22-30(37-28(16)24(44)14-27(53-37)41(6)39(54-41)36-18(3)52-36)35(48)31-29(34(22)47)20(25-13-23(42(7)8)32(45)17(2)50-25)12-21(33(31)46)26-15-40(5,43(9)10)38(49)19(4)51-26/h11-12,14,17-19,23,25-26,32,36,38-39,45-46,49H,13,15H2,1-10H3/t17-,18+,19+,23-,25-,26-,32-,36+,38-,39+,40+,41+/m1/s1. The fraction of sp³-hybridized carbons (Fsp3) is 0.585. The van der Waals surface area contributed by atoms with E-state index in [0.29, 0.717) is 11.1 Å². The molecule has 0 spiro atoms. The van der Waals surface area contributed by atoms with E-state index in [1.165, 1.54) is 12.1 Å². The number of hydrogen-bond acceptors (Lipinski definition) is 13. The third-order valence-electron chi connectivity index (χ3n) is 13.0. The van der Waals surface area contributed by atoms with E-state index in [2.05, 4.69) is 0 Å². The number of aliphatic hydroxyl groups excluding tert-OH is 2. The number of carbonyl (C=O) groups is 2. The highest BCUT2D eigenvalue weighted by molar-refractivity contribution is 6.33. The lowest BCUT2D eigenvalue weighted by Crippen LogP contribution is -2.59. The predicted molar refractivity (Wildman–Crippen MR) is 196 cm³/mol. The van der Waals surface area contributed by atoms with E-state index < -0.39 is 65.1 Å². The molecule has 1 aromatic heterocycles. The highest BCUT2D eigenvalue weighted by Crippen LogP contribution is 2.54. The molecule has 0 saturated carbocycles. The van der Waals surface area contributed by atoms with Gasteiger partial charge in [0.25, 0.3) is 0 Å². The molecule has 54 heavy (non-hydrogen) atoms. The number of carbonyl (C=O) groups excluding carboxylic acids is 2. The van der Waals surface area contributed by atoms with Gasteiger partial charge in [-0.25, -0.2) is 0 Å². The number of aliphatic hydroxyl groups is 2. The van der Waals surface area contributed by atoms with Crippen molar-refractivity contribution in [2.24, 2.45) is 0 Å². The maximum absolute atomic E-state index is 15.1. The SMILES string of the molecule is Cc1cc2c(c3oc([C@]4(C)O[C@H]4[C@H]4O[C@H]4C)cc(=O)c13)C(=O)c1c(O)c([C@H]3C[C@](C)(N(C)C)[C@H](O)[C@H](C)O3)cc([C@H]3C[C@@H](N(C)C)[C@H](O)[C@@H](C)O3)c1C2=O. The van der Waals surface area contributed by atoms with Crippen LogP contribution in [-0.2, 0) is 24.5 Å². The molecule has 8 rings (SSSR count). The number of aryl methyl sites for hydroxylation is 1. The van der Waals surface area contributed by atoms with Crippen LogP contribution in [0.3, 0.4) is 0 Å². The van der Waals surface area contributed by atoms with E-state index in [-0.39, 0.29) is 87.2 Å². The number of rotatable bonds is 6. The number of epoxide rings is 2. The molecule has 4 fully saturated rings. The van der Waals surface area contributed by atoms with Crippen molar-refractivity contribution in [3.05, 3.63) is 73.1 Å². The first-order chi connectivity index (χ1) is 25.3. The van der Waals surface area contributed by atoms with Crippen molar-refractivity contribution in [2.75, 3.05) is 28.2 Å². The Kier molecular flexibility index (Phi) is 8.65. The summed E-state index contributed by atoms with van der Waals surface area (Å²) in [5, 5.41) is 34.7. The second-order valence-electron chi connectivity index (χ2n) is 16.9. The minimum atomic E-state index is -0.970. The molecule has 12 atom stereocenters. The molecule has 5 aliphatic rings. The molecule has 1 aliphatic carbocycles. The number of nitrogens with zero attached hydrogens (tertiary/aromatic N) is 2. The zero-order chi connectivity index (χ0) is 39.1. The molecule has 0 amide bonds. The van der Waals surface area contributed by atoms with Crippen LogP contribution >= 0.6 is 0 Å². The van der Waals surface area contributed by atoms with Gasteiger partial charge in [-0.15, -0.1) is 0 Å².